The summed E-state index contributed by atoms with van der Waals surface area (Å²) in [5.74, 6) is 0.284. The van der Waals surface area contributed by atoms with E-state index < -0.39 is 10.7 Å². The highest BCUT2D eigenvalue weighted by Gasteiger charge is 2.27. The molecule has 0 fully saturated rings. The average molecular weight is 251 g/mol. The number of hydrogen-bond donors (Lipinski definition) is 0. The smallest absolute Gasteiger partial charge is 0.273 e. The second-order valence-corrected chi connectivity index (χ2v) is 4.25. The average Bonchev–Trinajstić information content (AvgIpc) is 2.67. The molecule has 0 unspecified atom stereocenters. The van der Waals surface area contributed by atoms with E-state index in [4.69, 9.17) is 14.2 Å². The molecule has 1 aromatic carbocycles. The van der Waals surface area contributed by atoms with Crippen LogP contribution in [-0.2, 0) is 9.47 Å². The van der Waals surface area contributed by atoms with Gasteiger partial charge in [0.1, 0.15) is 18.6 Å². The fraction of sp³-hybridized carbons (Fsp3) is 0.333. The first-order valence-corrected chi connectivity index (χ1v) is 5.39. The Labute approximate surface area is 104 Å². The first-order chi connectivity index (χ1) is 8.46. The summed E-state index contributed by atoms with van der Waals surface area (Å²) in [6.45, 7) is 3.73. The van der Waals surface area contributed by atoms with Gasteiger partial charge in [-0.1, -0.05) is 6.07 Å². The molecular formula is C12H13NO5. The third-order valence-corrected chi connectivity index (χ3v) is 2.26. The molecule has 0 saturated heterocycles. The van der Waals surface area contributed by atoms with Gasteiger partial charge in [0.15, 0.2) is 5.76 Å². The molecule has 1 aliphatic heterocycles. The number of hydrogen-bond acceptors (Lipinski definition) is 5. The number of ether oxygens (including phenoxy) is 3. The second-order valence-electron chi connectivity index (χ2n) is 4.25. The number of non-ortho nitro benzene ring substituents is 1. The van der Waals surface area contributed by atoms with Gasteiger partial charge in [-0.15, -0.1) is 0 Å². The molecule has 6 nitrogen and oxygen atoms in total. The second kappa shape index (κ2) is 4.56. The van der Waals surface area contributed by atoms with E-state index in [2.05, 4.69) is 0 Å². The van der Waals surface area contributed by atoms with Gasteiger partial charge in [0.05, 0.1) is 11.0 Å². The first kappa shape index (κ1) is 12.2. The van der Waals surface area contributed by atoms with Crippen LogP contribution in [0.25, 0.3) is 0 Å². The zero-order chi connectivity index (χ0) is 13.2. The van der Waals surface area contributed by atoms with Gasteiger partial charge in [0.25, 0.3) is 5.69 Å². The summed E-state index contributed by atoms with van der Waals surface area (Å²) in [5, 5.41) is 10.6. The van der Waals surface area contributed by atoms with Crippen LogP contribution in [0.1, 0.15) is 13.8 Å². The lowest BCUT2D eigenvalue weighted by molar-refractivity contribution is -0.384. The van der Waals surface area contributed by atoms with Crippen LogP contribution in [0.2, 0.25) is 0 Å². The highest BCUT2D eigenvalue weighted by Crippen LogP contribution is 2.25. The summed E-state index contributed by atoms with van der Waals surface area (Å²) < 4.78 is 16.1. The standard InChI is InChI=1S/C12H13NO5/c1-12(2)17-8-11(18-12)7-16-10-5-3-4-9(6-10)13(14)15/h3-6,8H,7H2,1-2H3. The topological polar surface area (TPSA) is 70.8 Å². The summed E-state index contributed by atoms with van der Waals surface area (Å²) in [4.78, 5) is 10.1. The van der Waals surface area contributed by atoms with Crippen LogP contribution in [0, 0.1) is 10.1 Å². The van der Waals surface area contributed by atoms with Crippen LogP contribution in [0.4, 0.5) is 5.69 Å². The van der Waals surface area contributed by atoms with Crippen molar-refractivity contribution in [3.8, 4) is 5.75 Å². The minimum atomic E-state index is -0.679. The van der Waals surface area contributed by atoms with Crippen LogP contribution < -0.4 is 4.74 Å². The summed E-state index contributed by atoms with van der Waals surface area (Å²) in [7, 11) is 0. The van der Waals surface area contributed by atoms with Crippen molar-refractivity contribution < 1.29 is 19.1 Å². The van der Waals surface area contributed by atoms with Gasteiger partial charge in [-0.05, 0) is 6.07 Å². The molecule has 6 heteroatoms. The van der Waals surface area contributed by atoms with E-state index in [1.165, 1.54) is 18.4 Å². The van der Waals surface area contributed by atoms with Crippen LogP contribution in [0.15, 0.2) is 36.3 Å². The molecule has 0 radical (unpaired) electrons. The molecule has 18 heavy (non-hydrogen) atoms. The Morgan fingerprint density at radius 1 is 1.44 bits per heavy atom. The van der Waals surface area contributed by atoms with Gasteiger partial charge in [-0.2, -0.15) is 0 Å². The number of rotatable bonds is 4. The summed E-state index contributed by atoms with van der Waals surface area (Å²) in [5.41, 5.74) is -0.00889. The Bertz CT molecular complexity index is 495. The van der Waals surface area contributed by atoms with Gasteiger partial charge in [0.2, 0.25) is 5.79 Å². The maximum absolute atomic E-state index is 10.6. The van der Waals surface area contributed by atoms with Crippen molar-refractivity contribution in [2.45, 2.75) is 19.6 Å². The number of nitro benzene ring substituents is 1. The van der Waals surface area contributed by atoms with E-state index in [-0.39, 0.29) is 12.3 Å². The third-order valence-electron chi connectivity index (χ3n) is 2.26. The molecule has 96 valence electrons. The van der Waals surface area contributed by atoms with E-state index >= 15 is 0 Å². The predicted octanol–water partition coefficient (Wildman–Crippen LogP) is 2.60. The normalized spacial score (nSPS) is 16.4. The Morgan fingerprint density at radius 3 is 2.83 bits per heavy atom. The van der Waals surface area contributed by atoms with Crippen molar-refractivity contribution in [3.05, 3.63) is 46.4 Å². The molecule has 0 atom stereocenters. The largest absolute Gasteiger partial charge is 0.485 e. The number of benzene rings is 1. The quantitative estimate of drug-likeness (QED) is 0.607. The lowest BCUT2D eigenvalue weighted by Gasteiger charge is -2.18. The van der Waals surface area contributed by atoms with Crippen molar-refractivity contribution in [2.24, 2.45) is 0 Å². The molecule has 0 N–H and O–H groups in total. The molecule has 0 saturated carbocycles. The van der Waals surface area contributed by atoms with Crippen LogP contribution in [0.5, 0.6) is 5.75 Å². The lowest BCUT2D eigenvalue weighted by atomic mass is 10.3. The monoisotopic (exact) mass is 251 g/mol. The predicted molar refractivity (Wildman–Crippen MR) is 62.9 cm³/mol. The van der Waals surface area contributed by atoms with Crippen LogP contribution in [-0.4, -0.2) is 17.3 Å². The molecule has 0 aromatic heterocycles. The molecule has 1 heterocycles. The summed E-state index contributed by atoms with van der Waals surface area (Å²) >= 11 is 0. The highest BCUT2D eigenvalue weighted by molar-refractivity contribution is 5.38. The molecule has 0 aliphatic carbocycles. The maximum atomic E-state index is 10.6. The molecular weight excluding hydrogens is 238 g/mol. The molecule has 2 rings (SSSR count). The van der Waals surface area contributed by atoms with Crippen LogP contribution in [0.3, 0.4) is 0 Å². The number of nitrogens with zero attached hydrogens (tertiary/aromatic N) is 1. The summed E-state index contributed by atoms with van der Waals surface area (Å²) in [6.07, 6.45) is 1.48. The third kappa shape index (κ3) is 2.91. The minimum Gasteiger partial charge on any atom is -0.485 e. The molecule has 0 bridgehead atoms. The molecule has 1 aromatic rings. The van der Waals surface area contributed by atoms with Crippen molar-refractivity contribution in [2.75, 3.05) is 6.61 Å². The molecule has 0 amide bonds. The fourth-order valence-corrected chi connectivity index (χ4v) is 1.48. The Balaban J connectivity index is 1.95. The van der Waals surface area contributed by atoms with Gasteiger partial charge in [-0.25, -0.2) is 0 Å². The first-order valence-electron chi connectivity index (χ1n) is 5.39. The SMILES string of the molecule is CC1(C)OC=C(COc2cccc([N+](=O)[O-])c2)O1. The van der Waals surface area contributed by atoms with Crippen molar-refractivity contribution >= 4 is 5.69 Å². The Hall–Kier alpha value is -2.24. The molecule has 0 spiro atoms. The van der Waals surface area contributed by atoms with E-state index in [1.54, 1.807) is 26.0 Å². The number of nitro groups is 1. The van der Waals surface area contributed by atoms with Gasteiger partial charge < -0.3 is 14.2 Å². The minimum absolute atomic E-state index is 0.00889. The fourth-order valence-electron chi connectivity index (χ4n) is 1.48. The van der Waals surface area contributed by atoms with Crippen LogP contribution >= 0.6 is 0 Å². The van der Waals surface area contributed by atoms with E-state index in [1.807, 2.05) is 0 Å². The maximum Gasteiger partial charge on any atom is 0.273 e. The van der Waals surface area contributed by atoms with Gasteiger partial charge in [0, 0.05) is 19.9 Å². The van der Waals surface area contributed by atoms with Gasteiger partial charge in [-0.3, -0.25) is 10.1 Å². The molecule has 1 aliphatic rings. The Morgan fingerprint density at radius 2 is 2.22 bits per heavy atom. The van der Waals surface area contributed by atoms with Crippen molar-refractivity contribution in [1.29, 1.82) is 0 Å². The zero-order valence-corrected chi connectivity index (χ0v) is 10.1. The zero-order valence-electron chi connectivity index (χ0n) is 10.1. The van der Waals surface area contributed by atoms with E-state index in [9.17, 15) is 10.1 Å². The highest BCUT2D eigenvalue weighted by atomic mass is 16.7. The Kier molecular flexibility index (Phi) is 3.10. The van der Waals surface area contributed by atoms with E-state index in [0.717, 1.165) is 0 Å². The van der Waals surface area contributed by atoms with Gasteiger partial charge >= 0.3 is 0 Å². The lowest BCUT2D eigenvalue weighted by Crippen LogP contribution is -2.21. The van der Waals surface area contributed by atoms with Crippen molar-refractivity contribution in [3.63, 3.8) is 0 Å². The summed E-state index contributed by atoms with van der Waals surface area (Å²) in [6, 6.07) is 5.98. The van der Waals surface area contributed by atoms with E-state index in [0.29, 0.717) is 11.5 Å². The van der Waals surface area contributed by atoms with Crippen molar-refractivity contribution in [1.82, 2.24) is 0 Å².